The van der Waals surface area contributed by atoms with Crippen molar-refractivity contribution >= 4 is 33.2 Å². The zero-order chi connectivity index (χ0) is 15.1. The lowest BCUT2D eigenvalue weighted by molar-refractivity contribution is 0.624. The van der Waals surface area contributed by atoms with Gasteiger partial charge in [0.25, 0.3) is 0 Å². The first kappa shape index (κ1) is 16.0. The van der Waals surface area contributed by atoms with Crippen LogP contribution in [0.25, 0.3) is 0 Å². The summed E-state index contributed by atoms with van der Waals surface area (Å²) in [6.45, 7) is 3.93. The summed E-state index contributed by atoms with van der Waals surface area (Å²) >= 11 is 5.08. The van der Waals surface area contributed by atoms with Gasteiger partial charge in [0.15, 0.2) is 5.96 Å². The third kappa shape index (κ3) is 5.13. The maximum Gasteiger partial charge on any atom is 0.191 e. The molecule has 0 atom stereocenters. The van der Waals surface area contributed by atoms with Gasteiger partial charge in [0, 0.05) is 17.6 Å². The van der Waals surface area contributed by atoms with Crippen molar-refractivity contribution < 1.29 is 4.39 Å². The summed E-state index contributed by atoms with van der Waals surface area (Å²) in [5, 5.41) is 10.5. The van der Waals surface area contributed by atoms with Gasteiger partial charge in [0.2, 0.25) is 0 Å². The van der Waals surface area contributed by atoms with Gasteiger partial charge < -0.3 is 10.6 Å². The van der Waals surface area contributed by atoms with Gasteiger partial charge in [-0.05, 0) is 53.1 Å². The van der Waals surface area contributed by atoms with Crippen LogP contribution < -0.4 is 10.6 Å². The molecular formula is C15H17BrFN3S. The van der Waals surface area contributed by atoms with E-state index in [0.717, 1.165) is 22.5 Å². The second kappa shape index (κ2) is 8.14. The Morgan fingerprint density at radius 3 is 2.90 bits per heavy atom. The maximum absolute atomic E-state index is 13.3. The van der Waals surface area contributed by atoms with Gasteiger partial charge in [-0.3, -0.25) is 0 Å². The molecule has 2 rings (SSSR count). The molecule has 2 N–H and O–H groups in total. The first-order valence-corrected chi connectivity index (χ1v) is 8.40. The van der Waals surface area contributed by atoms with Gasteiger partial charge in [-0.15, -0.1) is 0 Å². The summed E-state index contributed by atoms with van der Waals surface area (Å²) < 4.78 is 14.1. The highest BCUT2D eigenvalue weighted by Gasteiger charge is 2.03. The van der Waals surface area contributed by atoms with E-state index in [-0.39, 0.29) is 5.82 Å². The normalized spacial score (nSPS) is 11.5. The maximum atomic E-state index is 13.3. The number of hydrogen-bond acceptors (Lipinski definition) is 2. The molecule has 0 aliphatic heterocycles. The van der Waals surface area contributed by atoms with Crippen LogP contribution in [0.2, 0.25) is 0 Å². The van der Waals surface area contributed by atoms with E-state index in [0.29, 0.717) is 13.1 Å². The molecule has 0 unspecified atom stereocenters. The van der Waals surface area contributed by atoms with E-state index in [9.17, 15) is 4.39 Å². The topological polar surface area (TPSA) is 36.4 Å². The zero-order valence-corrected chi connectivity index (χ0v) is 14.1. The number of nitrogens with zero attached hydrogens (tertiary/aromatic N) is 1. The van der Waals surface area contributed by atoms with E-state index in [4.69, 9.17) is 0 Å². The van der Waals surface area contributed by atoms with E-state index >= 15 is 0 Å². The molecule has 21 heavy (non-hydrogen) atoms. The molecule has 0 fully saturated rings. The van der Waals surface area contributed by atoms with Crippen LogP contribution in [0, 0.1) is 5.82 Å². The van der Waals surface area contributed by atoms with Crippen LogP contribution >= 0.6 is 27.3 Å². The van der Waals surface area contributed by atoms with Crippen molar-refractivity contribution in [2.24, 2.45) is 4.99 Å². The molecule has 1 heterocycles. The van der Waals surface area contributed by atoms with Gasteiger partial charge in [0.1, 0.15) is 5.82 Å². The van der Waals surface area contributed by atoms with Gasteiger partial charge in [0.05, 0.1) is 6.54 Å². The Bertz CT molecular complexity index is 599. The van der Waals surface area contributed by atoms with Crippen molar-refractivity contribution in [3.63, 3.8) is 0 Å². The Morgan fingerprint density at radius 2 is 2.19 bits per heavy atom. The van der Waals surface area contributed by atoms with Gasteiger partial charge in [-0.1, -0.05) is 15.9 Å². The molecule has 112 valence electrons. The van der Waals surface area contributed by atoms with Crippen LogP contribution in [0.1, 0.15) is 18.1 Å². The first-order valence-electron chi connectivity index (χ1n) is 6.66. The van der Waals surface area contributed by atoms with Crippen LogP contribution in [0.4, 0.5) is 4.39 Å². The molecule has 0 spiro atoms. The fourth-order valence-corrected chi connectivity index (χ4v) is 2.80. The second-order valence-electron chi connectivity index (χ2n) is 4.42. The number of hydrogen-bond donors (Lipinski definition) is 2. The zero-order valence-electron chi connectivity index (χ0n) is 11.7. The summed E-state index contributed by atoms with van der Waals surface area (Å²) in [6.07, 6.45) is 0. The number of rotatable bonds is 5. The number of aliphatic imine (C=N–C) groups is 1. The highest BCUT2D eigenvalue weighted by Crippen LogP contribution is 2.17. The van der Waals surface area contributed by atoms with Crippen molar-refractivity contribution in [1.29, 1.82) is 0 Å². The summed E-state index contributed by atoms with van der Waals surface area (Å²) in [6, 6.07) is 6.71. The van der Waals surface area contributed by atoms with Gasteiger partial charge in [-0.25, -0.2) is 9.38 Å². The molecule has 0 bridgehead atoms. The minimum absolute atomic E-state index is 0.241. The lowest BCUT2D eigenvalue weighted by atomic mass is 10.2. The Morgan fingerprint density at radius 1 is 1.33 bits per heavy atom. The minimum atomic E-state index is -0.241. The Labute approximate surface area is 136 Å². The summed E-state index contributed by atoms with van der Waals surface area (Å²) in [5.74, 6) is 0.482. The quantitative estimate of drug-likeness (QED) is 0.619. The van der Waals surface area contributed by atoms with E-state index in [1.165, 1.54) is 17.7 Å². The molecule has 0 radical (unpaired) electrons. The Balaban J connectivity index is 1.99. The largest absolute Gasteiger partial charge is 0.357 e. The third-order valence-corrected chi connectivity index (χ3v) is 4.30. The smallest absolute Gasteiger partial charge is 0.191 e. The van der Waals surface area contributed by atoms with E-state index in [1.807, 2.05) is 12.3 Å². The molecule has 3 nitrogen and oxygen atoms in total. The minimum Gasteiger partial charge on any atom is -0.357 e. The fourth-order valence-electron chi connectivity index (χ4n) is 1.75. The van der Waals surface area contributed by atoms with Crippen LogP contribution in [-0.4, -0.2) is 12.5 Å². The lowest BCUT2D eigenvalue weighted by Crippen LogP contribution is -2.36. The molecule has 0 saturated carbocycles. The number of guanidine groups is 1. The number of halogens is 2. The first-order chi connectivity index (χ1) is 10.2. The second-order valence-corrected chi connectivity index (χ2v) is 6.05. The van der Waals surface area contributed by atoms with E-state index in [2.05, 4.69) is 43.0 Å². The van der Waals surface area contributed by atoms with Crippen molar-refractivity contribution in [3.8, 4) is 0 Å². The molecule has 6 heteroatoms. The number of benzene rings is 1. The summed E-state index contributed by atoms with van der Waals surface area (Å²) in [5.41, 5.74) is 2.04. The van der Waals surface area contributed by atoms with E-state index < -0.39 is 0 Å². The monoisotopic (exact) mass is 369 g/mol. The SMILES string of the molecule is CCNC(=NCc1ccsc1)NCc1cc(F)ccc1Br. The molecule has 0 amide bonds. The van der Waals surface area contributed by atoms with Crippen molar-refractivity contribution in [2.45, 2.75) is 20.0 Å². The Hall–Kier alpha value is -1.40. The molecule has 0 aliphatic rings. The fraction of sp³-hybridized carbons (Fsp3) is 0.267. The highest BCUT2D eigenvalue weighted by atomic mass is 79.9. The number of nitrogens with one attached hydrogen (secondary N) is 2. The third-order valence-electron chi connectivity index (χ3n) is 2.80. The highest BCUT2D eigenvalue weighted by molar-refractivity contribution is 9.10. The molecule has 2 aromatic rings. The number of thiophene rings is 1. The van der Waals surface area contributed by atoms with Crippen molar-refractivity contribution in [3.05, 3.63) is 56.4 Å². The van der Waals surface area contributed by atoms with Crippen LogP contribution in [-0.2, 0) is 13.1 Å². The predicted octanol–water partition coefficient (Wildman–Crippen LogP) is 3.91. The molecular weight excluding hydrogens is 353 g/mol. The van der Waals surface area contributed by atoms with Crippen molar-refractivity contribution in [2.75, 3.05) is 6.54 Å². The summed E-state index contributed by atoms with van der Waals surface area (Å²) in [4.78, 5) is 4.52. The van der Waals surface area contributed by atoms with Crippen LogP contribution in [0.5, 0.6) is 0 Å². The molecule has 1 aromatic heterocycles. The van der Waals surface area contributed by atoms with Crippen LogP contribution in [0.3, 0.4) is 0 Å². The van der Waals surface area contributed by atoms with Gasteiger partial charge >= 0.3 is 0 Å². The van der Waals surface area contributed by atoms with Crippen LogP contribution in [0.15, 0.2) is 44.5 Å². The molecule has 0 saturated heterocycles. The standard InChI is InChI=1S/C15H17BrFN3S/c1-2-18-15(19-8-11-5-6-21-10-11)20-9-12-7-13(17)3-4-14(12)16/h3-7,10H,2,8-9H2,1H3,(H2,18,19,20). The predicted molar refractivity (Wildman–Crippen MR) is 90.1 cm³/mol. The van der Waals surface area contributed by atoms with Gasteiger partial charge in [-0.2, -0.15) is 11.3 Å². The van der Waals surface area contributed by atoms with Crippen molar-refractivity contribution in [1.82, 2.24) is 10.6 Å². The van der Waals surface area contributed by atoms with E-state index in [1.54, 1.807) is 17.4 Å². The lowest BCUT2D eigenvalue weighted by Gasteiger charge is -2.12. The Kier molecular flexibility index (Phi) is 6.20. The average molecular weight is 370 g/mol. The molecule has 1 aromatic carbocycles. The average Bonchev–Trinajstić information content (AvgIpc) is 2.98. The molecule has 0 aliphatic carbocycles. The summed E-state index contributed by atoms with van der Waals surface area (Å²) in [7, 11) is 0.